The first-order chi connectivity index (χ1) is 13.5. The number of imide groups is 1. The molecule has 1 spiro atoms. The maximum atomic E-state index is 12.5. The van der Waals surface area contributed by atoms with Gasteiger partial charge in [0.2, 0.25) is 0 Å². The number of carbonyl (C=O) groups excluding carboxylic acids is 6. The fourth-order valence-electron chi connectivity index (χ4n) is 3.04. The molecular weight excluding hydrogens is 396 g/mol. The van der Waals surface area contributed by atoms with Crippen LogP contribution in [0.3, 0.4) is 0 Å². The van der Waals surface area contributed by atoms with E-state index in [4.69, 9.17) is 23.7 Å². The molecule has 2 fully saturated rings. The second-order valence-corrected chi connectivity index (χ2v) is 6.28. The number of carbonyl (C=O) groups is 6. The van der Waals surface area contributed by atoms with Gasteiger partial charge in [-0.05, 0) is 0 Å². The van der Waals surface area contributed by atoms with E-state index in [9.17, 15) is 28.8 Å². The van der Waals surface area contributed by atoms with Crippen LogP contribution < -0.4 is 10.6 Å². The van der Waals surface area contributed by atoms with Gasteiger partial charge in [0.25, 0.3) is 11.6 Å². The summed E-state index contributed by atoms with van der Waals surface area (Å²) in [4.78, 5) is 70.5. The lowest BCUT2D eigenvalue weighted by atomic mass is 9.89. The van der Waals surface area contributed by atoms with E-state index in [0.717, 1.165) is 27.7 Å². The Balaban J connectivity index is 2.56. The third kappa shape index (κ3) is 4.80. The smallest absolute Gasteiger partial charge is 0.324 e. The van der Waals surface area contributed by atoms with Crippen LogP contribution in [0.5, 0.6) is 0 Å². The SMILES string of the molecule is CC(=O)OC[C@H]1O[C@@]2(NC(=O)NC2=O)[C@H](OC(C)=O)[C@@H](OC(C)=O)[C@@H]1OC(C)=O. The van der Waals surface area contributed by atoms with Crippen LogP contribution in [0.4, 0.5) is 4.79 Å². The second-order valence-electron chi connectivity index (χ2n) is 6.28. The minimum absolute atomic E-state index is 0.525. The highest BCUT2D eigenvalue weighted by molar-refractivity contribution is 6.06. The van der Waals surface area contributed by atoms with E-state index < -0.39 is 72.6 Å². The summed E-state index contributed by atoms with van der Waals surface area (Å²) < 4.78 is 26.0. The Kier molecular flexibility index (Phi) is 6.41. The van der Waals surface area contributed by atoms with Gasteiger partial charge in [-0.25, -0.2) is 4.79 Å². The van der Waals surface area contributed by atoms with Crippen LogP contribution in [0.15, 0.2) is 0 Å². The van der Waals surface area contributed by atoms with Crippen molar-refractivity contribution in [2.24, 2.45) is 0 Å². The molecule has 0 aromatic heterocycles. The Morgan fingerprint density at radius 3 is 1.90 bits per heavy atom. The van der Waals surface area contributed by atoms with Gasteiger partial charge in [-0.1, -0.05) is 0 Å². The topological polar surface area (TPSA) is 173 Å². The van der Waals surface area contributed by atoms with Gasteiger partial charge in [0, 0.05) is 27.7 Å². The summed E-state index contributed by atoms with van der Waals surface area (Å²) in [6.07, 6.45) is -6.08. The number of hydrogen-bond acceptors (Lipinski definition) is 11. The van der Waals surface area contributed by atoms with Crippen LogP contribution in [0.2, 0.25) is 0 Å². The average Bonchev–Trinajstić information content (AvgIpc) is 2.85. The summed E-state index contributed by atoms with van der Waals surface area (Å²) in [7, 11) is 0. The number of rotatable bonds is 5. The van der Waals surface area contributed by atoms with Gasteiger partial charge in [-0.3, -0.25) is 34.6 Å². The van der Waals surface area contributed by atoms with Crippen LogP contribution in [-0.2, 0) is 47.7 Å². The predicted octanol–water partition coefficient (Wildman–Crippen LogP) is -1.72. The molecule has 0 bridgehead atoms. The van der Waals surface area contributed by atoms with E-state index in [1.54, 1.807) is 0 Å². The molecule has 0 aromatic rings. The molecule has 13 heteroatoms. The molecule has 5 atom stereocenters. The molecule has 160 valence electrons. The zero-order valence-corrected chi connectivity index (χ0v) is 16.0. The van der Waals surface area contributed by atoms with Crippen molar-refractivity contribution in [3.8, 4) is 0 Å². The lowest BCUT2D eigenvalue weighted by molar-refractivity contribution is -0.279. The standard InChI is InChI=1S/C16H20N2O11/c1-6(19)25-5-10-11(26-7(2)20)12(27-8(3)21)13(28-9(4)22)16(29-10)14(23)17-15(24)18-16/h10-13H,5H2,1-4H3,(H2,17,18,23,24)/t10-,11-,12+,13-,16+/m1/s1. The summed E-state index contributed by atoms with van der Waals surface area (Å²) in [5.41, 5.74) is -2.32. The fourth-order valence-corrected chi connectivity index (χ4v) is 3.04. The van der Waals surface area contributed by atoms with Crippen LogP contribution in [0, 0.1) is 0 Å². The van der Waals surface area contributed by atoms with Crippen molar-refractivity contribution >= 4 is 35.8 Å². The first kappa shape index (κ1) is 22.1. The highest BCUT2D eigenvalue weighted by atomic mass is 16.7. The molecule has 0 aromatic carbocycles. The van der Waals surface area contributed by atoms with Crippen LogP contribution in [0.25, 0.3) is 0 Å². The van der Waals surface area contributed by atoms with Crippen LogP contribution in [-0.4, -0.2) is 72.6 Å². The minimum Gasteiger partial charge on any atom is -0.463 e. The first-order valence-corrected chi connectivity index (χ1v) is 8.42. The second kappa shape index (κ2) is 8.43. The lowest BCUT2D eigenvalue weighted by Gasteiger charge is -2.47. The molecule has 3 amide bonds. The third-order valence-corrected chi connectivity index (χ3v) is 3.94. The number of amides is 3. The van der Waals surface area contributed by atoms with Crippen LogP contribution in [0.1, 0.15) is 27.7 Å². The number of hydrogen-bond donors (Lipinski definition) is 2. The lowest BCUT2D eigenvalue weighted by Crippen LogP contribution is -2.73. The summed E-state index contributed by atoms with van der Waals surface area (Å²) in [5, 5.41) is 4.13. The summed E-state index contributed by atoms with van der Waals surface area (Å²) >= 11 is 0. The largest absolute Gasteiger partial charge is 0.463 e. The molecule has 0 aliphatic carbocycles. The Morgan fingerprint density at radius 1 is 0.897 bits per heavy atom. The van der Waals surface area contributed by atoms with Gasteiger partial charge >= 0.3 is 29.9 Å². The minimum atomic E-state index is -2.32. The van der Waals surface area contributed by atoms with Gasteiger partial charge in [-0.15, -0.1) is 0 Å². The molecule has 2 N–H and O–H groups in total. The number of esters is 4. The van der Waals surface area contributed by atoms with Crippen molar-refractivity contribution in [1.29, 1.82) is 0 Å². The zero-order valence-electron chi connectivity index (χ0n) is 16.0. The zero-order chi connectivity index (χ0) is 21.9. The van der Waals surface area contributed by atoms with Crippen molar-refractivity contribution in [2.45, 2.75) is 57.8 Å². The number of urea groups is 1. The van der Waals surface area contributed by atoms with Gasteiger partial charge in [-0.2, -0.15) is 0 Å². The van der Waals surface area contributed by atoms with E-state index in [1.807, 2.05) is 5.32 Å². The number of ether oxygens (including phenoxy) is 5. The maximum absolute atomic E-state index is 12.5. The molecule has 2 rings (SSSR count). The summed E-state index contributed by atoms with van der Waals surface area (Å²) in [5.74, 6) is -4.34. The molecule has 0 radical (unpaired) electrons. The molecule has 0 unspecified atom stereocenters. The van der Waals surface area contributed by atoms with E-state index in [0.29, 0.717) is 0 Å². The van der Waals surface area contributed by atoms with E-state index in [1.165, 1.54) is 0 Å². The average molecular weight is 416 g/mol. The Bertz CT molecular complexity index is 751. The maximum Gasteiger partial charge on any atom is 0.324 e. The van der Waals surface area contributed by atoms with Gasteiger partial charge in [0.05, 0.1) is 0 Å². The fraction of sp³-hybridized carbons (Fsp3) is 0.625. The Morgan fingerprint density at radius 2 is 1.45 bits per heavy atom. The van der Waals surface area contributed by atoms with Crippen molar-refractivity contribution in [3.63, 3.8) is 0 Å². The molecular formula is C16H20N2O11. The van der Waals surface area contributed by atoms with Crippen molar-refractivity contribution in [3.05, 3.63) is 0 Å². The summed E-state index contributed by atoms with van der Waals surface area (Å²) in [6.45, 7) is 3.69. The van der Waals surface area contributed by atoms with Gasteiger partial charge in [0.15, 0.2) is 18.3 Å². The van der Waals surface area contributed by atoms with Crippen molar-refractivity contribution in [1.82, 2.24) is 10.6 Å². The molecule has 2 saturated heterocycles. The van der Waals surface area contributed by atoms with Gasteiger partial charge < -0.3 is 23.7 Å². The van der Waals surface area contributed by atoms with E-state index in [-0.39, 0.29) is 0 Å². The Labute approximate surface area is 164 Å². The van der Waals surface area contributed by atoms with Crippen molar-refractivity contribution in [2.75, 3.05) is 6.61 Å². The van der Waals surface area contributed by atoms with E-state index in [2.05, 4.69) is 5.32 Å². The monoisotopic (exact) mass is 416 g/mol. The summed E-state index contributed by atoms with van der Waals surface area (Å²) in [6, 6.07) is -0.967. The highest BCUT2D eigenvalue weighted by Crippen LogP contribution is 2.36. The Hall–Kier alpha value is -3.22. The number of nitrogens with one attached hydrogen (secondary N) is 2. The third-order valence-electron chi connectivity index (χ3n) is 3.94. The predicted molar refractivity (Wildman–Crippen MR) is 87.6 cm³/mol. The normalized spacial score (nSPS) is 30.8. The van der Waals surface area contributed by atoms with Gasteiger partial charge in [0.1, 0.15) is 12.7 Å². The molecule has 2 aliphatic heterocycles. The van der Waals surface area contributed by atoms with Crippen LogP contribution >= 0.6 is 0 Å². The molecule has 29 heavy (non-hydrogen) atoms. The molecule has 2 aliphatic rings. The molecule has 2 heterocycles. The highest BCUT2D eigenvalue weighted by Gasteiger charge is 2.67. The molecule has 0 saturated carbocycles. The quantitative estimate of drug-likeness (QED) is 0.296. The molecule has 13 nitrogen and oxygen atoms in total. The van der Waals surface area contributed by atoms with Crippen molar-refractivity contribution < 1.29 is 52.5 Å². The first-order valence-electron chi connectivity index (χ1n) is 8.42. The van der Waals surface area contributed by atoms with E-state index >= 15 is 0 Å².